The minimum Gasteiger partial charge on any atom is -0.364 e. The molecule has 1 aromatic rings. The van der Waals surface area contributed by atoms with E-state index in [0.29, 0.717) is 17.9 Å². The molecule has 5 heteroatoms. The van der Waals surface area contributed by atoms with E-state index in [1.54, 1.807) is 24.3 Å². The molecule has 0 spiro atoms. The van der Waals surface area contributed by atoms with Gasteiger partial charge in [-0.1, -0.05) is 0 Å². The van der Waals surface area contributed by atoms with Gasteiger partial charge in [-0.2, -0.15) is 0 Å². The minimum absolute atomic E-state index is 0.239. The number of piperidine rings is 1. The second kappa shape index (κ2) is 4.49. The predicted octanol–water partition coefficient (Wildman–Crippen LogP) is 1.26. The topological polar surface area (TPSA) is 54.5 Å². The van der Waals surface area contributed by atoms with Gasteiger partial charge in [0.05, 0.1) is 11.4 Å². The molecular weight excluding hydrogens is 238 g/mol. The summed E-state index contributed by atoms with van der Waals surface area (Å²) in [5.41, 5.74) is 0.908. The molecule has 1 aliphatic heterocycles. The van der Waals surface area contributed by atoms with Crippen LogP contribution < -0.4 is 4.90 Å². The van der Waals surface area contributed by atoms with Crippen molar-refractivity contribution in [2.45, 2.75) is 17.7 Å². The average Bonchev–Trinajstić information content (AvgIpc) is 2.28. The molecule has 0 atom stereocenters. The highest BCUT2D eigenvalue weighted by atomic mass is 32.2. The number of carbonyl (C=O) groups is 1. The maximum absolute atomic E-state index is 11.3. The number of sulfone groups is 1. The predicted molar refractivity (Wildman–Crippen MR) is 66.0 cm³/mol. The molecule has 1 aliphatic rings. The van der Waals surface area contributed by atoms with E-state index < -0.39 is 9.84 Å². The number of anilines is 1. The zero-order valence-electron chi connectivity index (χ0n) is 9.72. The number of rotatable bonds is 2. The average molecular weight is 253 g/mol. The van der Waals surface area contributed by atoms with Crippen molar-refractivity contribution >= 4 is 21.3 Å². The number of hydrogen-bond acceptors (Lipinski definition) is 4. The second-order valence-corrected chi connectivity index (χ2v) is 6.35. The fourth-order valence-corrected chi connectivity index (χ4v) is 2.59. The smallest absolute Gasteiger partial charge is 0.175 e. The molecule has 1 aromatic carbocycles. The first-order valence-electron chi connectivity index (χ1n) is 5.53. The molecule has 4 nitrogen and oxygen atoms in total. The summed E-state index contributed by atoms with van der Waals surface area (Å²) in [6.07, 6.45) is 2.71. The summed E-state index contributed by atoms with van der Waals surface area (Å²) in [4.78, 5) is 13.6. The summed E-state index contributed by atoms with van der Waals surface area (Å²) < 4.78 is 22.6. The van der Waals surface area contributed by atoms with E-state index >= 15 is 0 Å². The van der Waals surface area contributed by atoms with Crippen molar-refractivity contribution in [1.29, 1.82) is 0 Å². The molecule has 0 N–H and O–H groups in total. The summed E-state index contributed by atoms with van der Waals surface area (Å²) in [5, 5.41) is 0. The fourth-order valence-electron chi connectivity index (χ4n) is 1.96. The van der Waals surface area contributed by atoms with Crippen LogP contribution >= 0.6 is 0 Å². The van der Waals surface area contributed by atoms with Crippen LogP contribution in [0.15, 0.2) is 29.2 Å². The summed E-state index contributed by atoms with van der Waals surface area (Å²) in [6, 6.07) is 6.69. The molecule has 0 bridgehead atoms. The fraction of sp³-hybridized carbons (Fsp3) is 0.417. The number of nitrogens with zero attached hydrogens (tertiary/aromatic N) is 1. The Kier molecular flexibility index (Phi) is 3.19. The van der Waals surface area contributed by atoms with Crippen LogP contribution in [0.4, 0.5) is 5.69 Å². The van der Waals surface area contributed by atoms with E-state index in [2.05, 4.69) is 0 Å². The summed E-state index contributed by atoms with van der Waals surface area (Å²) in [7, 11) is -3.15. The van der Waals surface area contributed by atoms with Gasteiger partial charge in [0.25, 0.3) is 0 Å². The van der Waals surface area contributed by atoms with E-state index in [1.165, 1.54) is 6.26 Å². The van der Waals surface area contributed by atoms with Crippen LogP contribution in [0.3, 0.4) is 0 Å². The third kappa shape index (κ3) is 2.85. The molecular formula is C12H15NO3S. The van der Waals surface area contributed by atoms with Crippen LogP contribution in [-0.4, -0.2) is 33.5 Å². The standard InChI is InChI=1S/C12H15NO3S/c1-17(15,16)12-6-4-10(5-7-12)13-8-2-3-11(14)9-13/h4-7H,2-3,8-9H2,1H3. The van der Waals surface area contributed by atoms with E-state index in [0.717, 1.165) is 18.7 Å². The number of hydrogen-bond donors (Lipinski definition) is 0. The number of Topliss-reactive ketones (excluding diaryl/α,β-unsaturated/α-hetero) is 1. The van der Waals surface area contributed by atoms with Gasteiger partial charge in [0, 0.05) is 24.9 Å². The van der Waals surface area contributed by atoms with Gasteiger partial charge in [0.1, 0.15) is 0 Å². The SMILES string of the molecule is CS(=O)(=O)c1ccc(N2CCCC(=O)C2)cc1. The van der Waals surface area contributed by atoms with E-state index in [9.17, 15) is 13.2 Å². The first-order chi connectivity index (χ1) is 7.97. The zero-order chi connectivity index (χ0) is 12.5. The van der Waals surface area contributed by atoms with Crippen LogP contribution in [0, 0.1) is 0 Å². The van der Waals surface area contributed by atoms with Crippen molar-refractivity contribution in [3.05, 3.63) is 24.3 Å². The Morgan fingerprint density at radius 2 is 1.82 bits per heavy atom. The van der Waals surface area contributed by atoms with Crippen molar-refractivity contribution in [1.82, 2.24) is 0 Å². The molecule has 17 heavy (non-hydrogen) atoms. The van der Waals surface area contributed by atoms with Crippen LogP contribution in [0.5, 0.6) is 0 Å². The highest BCUT2D eigenvalue weighted by molar-refractivity contribution is 7.90. The first-order valence-corrected chi connectivity index (χ1v) is 7.43. The number of ketones is 1. The normalized spacial score (nSPS) is 17.2. The van der Waals surface area contributed by atoms with Gasteiger partial charge in [-0.25, -0.2) is 8.42 Å². The molecule has 0 radical (unpaired) electrons. The van der Waals surface area contributed by atoms with Crippen LogP contribution in [0.25, 0.3) is 0 Å². The second-order valence-electron chi connectivity index (χ2n) is 4.33. The Morgan fingerprint density at radius 3 is 2.35 bits per heavy atom. The van der Waals surface area contributed by atoms with Crippen molar-refractivity contribution in [2.24, 2.45) is 0 Å². The molecule has 1 fully saturated rings. The van der Waals surface area contributed by atoms with Crippen LogP contribution in [0.1, 0.15) is 12.8 Å². The summed E-state index contributed by atoms with van der Waals surface area (Å²) in [6.45, 7) is 1.28. The highest BCUT2D eigenvalue weighted by Gasteiger charge is 2.17. The Morgan fingerprint density at radius 1 is 1.18 bits per heavy atom. The van der Waals surface area contributed by atoms with E-state index in [-0.39, 0.29) is 5.78 Å². The largest absolute Gasteiger partial charge is 0.364 e. The Bertz CT molecular complexity index is 519. The zero-order valence-corrected chi connectivity index (χ0v) is 10.5. The molecule has 0 aromatic heterocycles. The molecule has 0 unspecified atom stereocenters. The lowest BCUT2D eigenvalue weighted by Crippen LogP contribution is -2.35. The Labute approximate surface area is 101 Å². The molecule has 1 heterocycles. The lowest BCUT2D eigenvalue weighted by molar-refractivity contribution is -0.118. The lowest BCUT2D eigenvalue weighted by atomic mass is 10.1. The molecule has 0 aliphatic carbocycles. The lowest BCUT2D eigenvalue weighted by Gasteiger charge is -2.27. The molecule has 2 rings (SSSR count). The van der Waals surface area contributed by atoms with Gasteiger partial charge < -0.3 is 4.90 Å². The van der Waals surface area contributed by atoms with Gasteiger partial charge in [-0.15, -0.1) is 0 Å². The number of benzene rings is 1. The third-order valence-electron chi connectivity index (χ3n) is 2.88. The number of carbonyl (C=O) groups excluding carboxylic acids is 1. The molecule has 92 valence electrons. The van der Waals surface area contributed by atoms with Gasteiger partial charge >= 0.3 is 0 Å². The van der Waals surface area contributed by atoms with Crippen molar-refractivity contribution in [2.75, 3.05) is 24.2 Å². The van der Waals surface area contributed by atoms with Gasteiger partial charge in [-0.05, 0) is 30.7 Å². The summed E-state index contributed by atoms with van der Waals surface area (Å²) >= 11 is 0. The maximum Gasteiger partial charge on any atom is 0.175 e. The van der Waals surface area contributed by atoms with E-state index in [1.807, 2.05) is 4.90 Å². The van der Waals surface area contributed by atoms with Crippen molar-refractivity contribution in [3.8, 4) is 0 Å². The Balaban J connectivity index is 2.20. The van der Waals surface area contributed by atoms with Gasteiger partial charge in [-0.3, -0.25) is 4.79 Å². The molecule has 0 amide bonds. The maximum atomic E-state index is 11.3. The highest BCUT2D eigenvalue weighted by Crippen LogP contribution is 2.20. The molecule has 0 saturated carbocycles. The minimum atomic E-state index is -3.15. The van der Waals surface area contributed by atoms with Crippen LogP contribution in [-0.2, 0) is 14.6 Å². The van der Waals surface area contributed by atoms with Crippen LogP contribution in [0.2, 0.25) is 0 Å². The molecule has 1 saturated heterocycles. The Hall–Kier alpha value is -1.36. The monoisotopic (exact) mass is 253 g/mol. The van der Waals surface area contributed by atoms with E-state index in [4.69, 9.17) is 0 Å². The quantitative estimate of drug-likeness (QED) is 0.796. The summed E-state index contributed by atoms with van der Waals surface area (Å²) in [5.74, 6) is 0.239. The third-order valence-corrected chi connectivity index (χ3v) is 4.01. The van der Waals surface area contributed by atoms with Gasteiger partial charge in [0.15, 0.2) is 15.6 Å². The first kappa shape index (κ1) is 12.1. The van der Waals surface area contributed by atoms with Crippen molar-refractivity contribution in [3.63, 3.8) is 0 Å². The van der Waals surface area contributed by atoms with Gasteiger partial charge in [0.2, 0.25) is 0 Å². The van der Waals surface area contributed by atoms with Crippen molar-refractivity contribution < 1.29 is 13.2 Å².